The van der Waals surface area contributed by atoms with Gasteiger partial charge in [-0.25, -0.2) is 0 Å². The first kappa shape index (κ1) is 11.3. The third-order valence-corrected chi connectivity index (χ3v) is 3.24. The van der Waals surface area contributed by atoms with E-state index in [0.717, 1.165) is 36.7 Å². The molecule has 0 aliphatic carbocycles. The number of benzene rings is 1. The molecule has 1 aliphatic heterocycles. The van der Waals surface area contributed by atoms with Gasteiger partial charge in [0.25, 0.3) is 0 Å². The average Bonchev–Trinajstić information content (AvgIpc) is 2.22. The van der Waals surface area contributed by atoms with E-state index in [-0.39, 0.29) is 5.54 Å². The molecule has 88 valence electrons. The molecule has 2 N–H and O–H groups in total. The molecule has 0 amide bonds. The molecule has 1 saturated heterocycles. The van der Waals surface area contributed by atoms with Gasteiger partial charge in [0.1, 0.15) is 0 Å². The van der Waals surface area contributed by atoms with Crippen molar-refractivity contribution in [3.63, 3.8) is 0 Å². The number of aryl methyl sites for hydroxylation is 1. The molecule has 2 rings (SSSR count). The van der Waals surface area contributed by atoms with E-state index >= 15 is 0 Å². The number of morpholine rings is 1. The van der Waals surface area contributed by atoms with E-state index in [1.165, 1.54) is 0 Å². The summed E-state index contributed by atoms with van der Waals surface area (Å²) < 4.78 is 5.52. The van der Waals surface area contributed by atoms with Gasteiger partial charge in [-0.3, -0.25) is 0 Å². The maximum absolute atomic E-state index is 6.15. The minimum absolute atomic E-state index is 0.0141. The maximum Gasteiger partial charge on any atom is 0.0694 e. The Morgan fingerprint density at radius 1 is 1.38 bits per heavy atom. The molecule has 3 heteroatoms. The van der Waals surface area contributed by atoms with Crippen molar-refractivity contribution in [2.24, 2.45) is 0 Å². The molecular formula is C13H20N2O. The van der Waals surface area contributed by atoms with Crippen LogP contribution in [0.1, 0.15) is 19.4 Å². The number of rotatable bonds is 1. The Kier molecular flexibility index (Phi) is 2.80. The van der Waals surface area contributed by atoms with Crippen LogP contribution in [0.3, 0.4) is 0 Å². The highest BCUT2D eigenvalue weighted by Crippen LogP contribution is 2.32. The maximum atomic E-state index is 6.15. The van der Waals surface area contributed by atoms with Gasteiger partial charge in [0, 0.05) is 6.54 Å². The van der Waals surface area contributed by atoms with Crippen LogP contribution in [0.5, 0.6) is 0 Å². The zero-order valence-corrected chi connectivity index (χ0v) is 10.3. The zero-order chi connectivity index (χ0) is 11.8. The van der Waals surface area contributed by atoms with E-state index in [1.54, 1.807) is 0 Å². The van der Waals surface area contributed by atoms with E-state index in [2.05, 4.69) is 30.9 Å². The zero-order valence-electron chi connectivity index (χ0n) is 10.3. The minimum Gasteiger partial charge on any atom is -0.397 e. The van der Waals surface area contributed by atoms with E-state index in [1.807, 2.05) is 13.0 Å². The molecule has 16 heavy (non-hydrogen) atoms. The lowest BCUT2D eigenvalue weighted by Crippen LogP contribution is -2.53. The molecule has 1 aliphatic rings. The lowest BCUT2D eigenvalue weighted by Gasteiger charge is -2.44. The molecule has 0 unspecified atom stereocenters. The summed E-state index contributed by atoms with van der Waals surface area (Å²) in [4.78, 5) is 2.35. The lowest BCUT2D eigenvalue weighted by molar-refractivity contribution is 0.0645. The fourth-order valence-electron chi connectivity index (χ4n) is 2.21. The van der Waals surface area contributed by atoms with E-state index in [0.29, 0.717) is 0 Å². The van der Waals surface area contributed by atoms with E-state index < -0.39 is 0 Å². The molecule has 0 saturated carbocycles. The van der Waals surface area contributed by atoms with Crippen LogP contribution < -0.4 is 10.6 Å². The molecule has 1 heterocycles. The average molecular weight is 220 g/mol. The molecule has 1 fully saturated rings. The number of hydrogen-bond donors (Lipinski definition) is 1. The number of ether oxygens (including phenoxy) is 1. The topological polar surface area (TPSA) is 38.5 Å². The van der Waals surface area contributed by atoms with Crippen LogP contribution in [0.4, 0.5) is 11.4 Å². The Labute approximate surface area is 97.2 Å². The predicted octanol–water partition coefficient (Wildman–Crippen LogP) is 2.19. The standard InChI is InChI=1S/C13H20N2O/c1-10-5-4-6-11(12(10)14)15-7-8-16-9-13(15,2)3/h4-6H,7-9,14H2,1-3H3. The van der Waals surface area contributed by atoms with Gasteiger partial charge in [-0.1, -0.05) is 12.1 Å². The number of nitrogen functional groups attached to an aromatic ring is 1. The van der Waals surface area contributed by atoms with Crippen LogP contribution in [0, 0.1) is 6.92 Å². The van der Waals surface area contributed by atoms with Crippen LogP contribution in [-0.4, -0.2) is 25.3 Å². The fraction of sp³-hybridized carbons (Fsp3) is 0.538. The first-order valence-corrected chi connectivity index (χ1v) is 5.73. The quantitative estimate of drug-likeness (QED) is 0.737. The predicted molar refractivity (Wildman–Crippen MR) is 67.8 cm³/mol. The number of nitrogens with zero attached hydrogens (tertiary/aromatic N) is 1. The van der Waals surface area contributed by atoms with Crippen molar-refractivity contribution in [1.29, 1.82) is 0 Å². The second-order valence-corrected chi connectivity index (χ2v) is 5.02. The third kappa shape index (κ3) is 1.87. The van der Waals surface area contributed by atoms with Gasteiger partial charge in [-0.2, -0.15) is 0 Å². The number of nitrogens with two attached hydrogens (primary N) is 1. The Morgan fingerprint density at radius 3 is 2.81 bits per heavy atom. The monoisotopic (exact) mass is 220 g/mol. The van der Waals surface area contributed by atoms with Crippen LogP contribution in [0.25, 0.3) is 0 Å². The van der Waals surface area contributed by atoms with Crippen molar-refractivity contribution >= 4 is 11.4 Å². The van der Waals surface area contributed by atoms with Crippen molar-refractivity contribution in [2.45, 2.75) is 26.3 Å². The van der Waals surface area contributed by atoms with E-state index in [9.17, 15) is 0 Å². The molecule has 0 bridgehead atoms. The normalized spacial score (nSPS) is 19.8. The number of para-hydroxylation sites is 1. The van der Waals surface area contributed by atoms with Crippen molar-refractivity contribution in [3.05, 3.63) is 23.8 Å². The smallest absolute Gasteiger partial charge is 0.0694 e. The Hall–Kier alpha value is -1.22. The van der Waals surface area contributed by atoms with E-state index in [4.69, 9.17) is 10.5 Å². The molecule has 0 aromatic heterocycles. The lowest BCUT2D eigenvalue weighted by atomic mass is 10.00. The van der Waals surface area contributed by atoms with Gasteiger partial charge in [0.05, 0.1) is 30.1 Å². The molecular weight excluding hydrogens is 200 g/mol. The molecule has 0 atom stereocenters. The highest BCUT2D eigenvalue weighted by atomic mass is 16.5. The fourth-order valence-corrected chi connectivity index (χ4v) is 2.21. The second-order valence-electron chi connectivity index (χ2n) is 5.02. The Bertz CT molecular complexity index is 388. The van der Waals surface area contributed by atoms with Crippen LogP contribution in [-0.2, 0) is 4.74 Å². The van der Waals surface area contributed by atoms with Crippen molar-refractivity contribution in [2.75, 3.05) is 30.4 Å². The molecule has 3 nitrogen and oxygen atoms in total. The first-order chi connectivity index (χ1) is 7.52. The van der Waals surface area contributed by atoms with Gasteiger partial charge >= 0.3 is 0 Å². The molecule has 0 radical (unpaired) electrons. The first-order valence-electron chi connectivity index (χ1n) is 5.73. The second kappa shape index (κ2) is 3.98. The van der Waals surface area contributed by atoms with Crippen molar-refractivity contribution in [3.8, 4) is 0 Å². The van der Waals surface area contributed by atoms with Crippen LogP contribution >= 0.6 is 0 Å². The van der Waals surface area contributed by atoms with Crippen molar-refractivity contribution in [1.82, 2.24) is 0 Å². The van der Waals surface area contributed by atoms with Gasteiger partial charge < -0.3 is 15.4 Å². The van der Waals surface area contributed by atoms with Gasteiger partial charge in [0.2, 0.25) is 0 Å². The summed E-state index contributed by atoms with van der Waals surface area (Å²) in [6, 6.07) is 6.20. The van der Waals surface area contributed by atoms with Crippen LogP contribution in [0.15, 0.2) is 18.2 Å². The van der Waals surface area contributed by atoms with Gasteiger partial charge in [0.15, 0.2) is 0 Å². The largest absolute Gasteiger partial charge is 0.397 e. The highest BCUT2D eigenvalue weighted by Gasteiger charge is 2.31. The van der Waals surface area contributed by atoms with Gasteiger partial charge in [-0.15, -0.1) is 0 Å². The summed E-state index contributed by atoms with van der Waals surface area (Å²) in [6.07, 6.45) is 0. The Morgan fingerprint density at radius 2 is 2.12 bits per heavy atom. The summed E-state index contributed by atoms with van der Waals surface area (Å²) in [5, 5.41) is 0. The summed E-state index contributed by atoms with van der Waals surface area (Å²) in [5.74, 6) is 0. The number of hydrogen-bond acceptors (Lipinski definition) is 3. The molecule has 0 spiro atoms. The van der Waals surface area contributed by atoms with Gasteiger partial charge in [-0.05, 0) is 32.4 Å². The number of anilines is 2. The highest BCUT2D eigenvalue weighted by molar-refractivity contribution is 5.72. The van der Waals surface area contributed by atoms with Crippen molar-refractivity contribution < 1.29 is 4.74 Å². The SMILES string of the molecule is Cc1cccc(N2CCOCC2(C)C)c1N. The summed E-state index contributed by atoms with van der Waals surface area (Å²) >= 11 is 0. The third-order valence-electron chi connectivity index (χ3n) is 3.24. The summed E-state index contributed by atoms with van der Waals surface area (Å²) in [7, 11) is 0. The minimum atomic E-state index is 0.0141. The van der Waals surface area contributed by atoms with Crippen LogP contribution in [0.2, 0.25) is 0 Å². The molecule has 1 aromatic carbocycles. The summed E-state index contributed by atoms with van der Waals surface area (Å²) in [5.41, 5.74) is 9.32. The Balaban J connectivity index is 2.39. The molecule has 1 aromatic rings. The summed E-state index contributed by atoms with van der Waals surface area (Å²) in [6.45, 7) is 8.85.